The monoisotopic (exact) mass is 280 g/mol. The largest absolute Gasteiger partial charge is 0.311 e. The van der Waals surface area contributed by atoms with E-state index < -0.39 is 0 Å². The maximum absolute atomic E-state index is 3.68. The van der Waals surface area contributed by atoms with Gasteiger partial charge in [-0.1, -0.05) is 13.8 Å². The van der Waals surface area contributed by atoms with Crippen LogP contribution in [0, 0.1) is 5.92 Å². The molecule has 1 N–H and O–H groups in total. The van der Waals surface area contributed by atoms with Gasteiger partial charge in [0.15, 0.2) is 0 Å². The summed E-state index contributed by atoms with van der Waals surface area (Å²) in [7, 11) is 0. The highest BCUT2D eigenvalue weighted by Gasteiger charge is 2.27. The summed E-state index contributed by atoms with van der Waals surface area (Å²) < 4.78 is 0. The number of fused-ring (bicyclic) bond motifs is 1. The molecule has 0 saturated heterocycles. The van der Waals surface area contributed by atoms with Crippen LogP contribution < -0.4 is 5.32 Å². The lowest BCUT2D eigenvalue weighted by Gasteiger charge is -2.38. The fourth-order valence-electron chi connectivity index (χ4n) is 2.75. The number of hydrogen-bond acceptors (Lipinski definition) is 3. The minimum absolute atomic E-state index is 0.205. The highest BCUT2D eigenvalue weighted by atomic mass is 32.1. The predicted octanol–water partition coefficient (Wildman–Crippen LogP) is 3.52. The van der Waals surface area contributed by atoms with Crippen LogP contribution in [0.15, 0.2) is 11.4 Å². The zero-order valence-electron chi connectivity index (χ0n) is 13.0. The van der Waals surface area contributed by atoms with Crippen molar-refractivity contribution in [3.05, 3.63) is 21.9 Å². The van der Waals surface area contributed by atoms with Crippen LogP contribution >= 0.6 is 11.3 Å². The van der Waals surface area contributed by atoms with E-state index in [0.717, 1.165) is 13.1 Å². The average molecular weight is 280 g/mol. The topological polar surface area (TPSA) is 15.3 Å². The van der Waals surface area contributed by atoms with Crippen LogP contribution in [0.4, 0.5) is 0 Å². The second kappa shape index (κ2) is 5.94. The Hall–Kier alpha value is -0.380. The van der Waals surface area contributed by atoms with E-state index in [0.29, 0.717) is 12.0 Å². The second-order valence-corrected chi connectivity index (χ2v) is 8.03. The molecule has 1 aromatic heterocycles. The lowest BCUT2D eigenvalue weighted by atomic mass is 9.97. The zero-order valence-corrected chi connectivity index (χ0v) is 13.8. The maximum atomic E-state index is 3.68. The van der Waals surface area contributed by atoms with E-state index in [2.05, 4.69) is 56.3 Å². The molecule has 19 heavy (non-hydrogen) atoms. The molecule has 108 valence electrons. The van der Waals surface area contributed by atoms with Gasteiger partial charge in [-0.2, -0.15) is 0 Å². The lowest BCUT2D eigenvalue weighted by Crippen LogP contribution is -2.51. The Bertz CT molecular complexity index is 403. The van der Waals surface area contributed by atoms with Gasteiger partial charge < -0.3 is 5.32 Å². The van der Waals surface area contributed by atoms with Crippen molar-refractivity contribution in [3.8, 4) is 0 Å². The first-order valence-electron chi connectivity index (χ1n) is 7.41. The molecule has 0 bridgehead atoms. The van der Waals surface area contributed by atoms with Crippen molar-refractivity contribution in [3.63, 3.8) is 0 Å². The Morgan fingerprint density at radius 1 is 1.37 bits per heavy atom. The smallest absolute Gasteiger partial charge is 0.0248 e. The van der Waals surface area contributed by atoms with Crippen molar-refractivity contribution < 1.29 is 0 Å². The first-order valence-corrected chi connectivity index (χ1v) is 8.29. The number of thiophene rings is 1. The average Bonchev–Trinajstić information content (AvgIpc) is 2.74. The number of hydrogen-bond donors (Lipinski definition) is 1. The van der Waals surface area contributed by atoms with Crippen LogP contribution in [-0.4, -0.2) is 29.6 Å². The van der Waals surface area contributed by atoms with Gasteiger partial charge in [-0.25, -0.2) is 0 Å². The molecule has 1 unspecified atom stereocenters. The van der Waals surface area contributed by atoms with Gasteiger partial charge in [0, 0.05) is 36.1 Å². The van der Waals surface area contributed by atoms with Crippen LogP contribution in [0.1, 0.15) is 45.1 Å². The molecule has 0 amide bonds. The molecule has 0 aliphatic carbocycles. The molecule has 1 aliphatic heterocycles. The van der Waals surface area contributed by atoms with Gasteiger partial charge >= 0.3 is 0 Å². The standard InChI is InChI=1S/C16H28N2S/c1-12(2)14(10-17-16(3,4)5)18-8-6-15-13(11-18)7-9-19-15/h7,9,12,14,17H,6,8,10-11H2,1-5H3. The highest BCUT2D eigenvalue weighted by Crippen LogP contribution is 2.26. The Balaban J connectivity index is 2.00. The third-order valence-electron chi connectivity index (χ3n) is 3.92. The Morgan fingerprint density at radius 2 is 2.11 bits per heavy atom. The molecule has 0 aromatic carbocycles. The van der Waals surface area contributed by atoms with Crippen molar-refractivity contribution in [2.24, 2.45) is 5.92 Å². The van der Waals surface area contributed by atoms with E-state index in [1.54, 1.807) is 10.4 Å². The number of rotatable bonds is 4. The van der Waals surface area contributed by atoms with Crippen LogP contribution in [0.3, 0.4) is 0 Å². The summed E-state index contributed by atoms with van der Waals surface area (Å²) in [6, 6.07) is 2.94. The van der Waals surface area contributed by atoms with Crippen LogP contribution in [-0.2, 0) is 13.0 Å². The molecule has 3 heteroatoms. The molecule has 0 fully saturated rings. The summed E-state index contributed by atoms with van der Waals surface area (Å²) in [5.41, 5.74) is 1.76. The van der Waals surface area contributed by atoms with Crippen LogP contribution in [0.25, 0.3) is 0 Å². The van der Waals surface area contributed by atoms with Gasteiger partial charge in [0.05, 0.1) is 0 Å². The molecule has 1 aliphatic rings. The van der Waals surface area contributed by atoms with Crippen molar-refractivity contribution in [1.29, 1.82) is 0 Å². The second-order valence-electron chi connectivity index (χ2n) is 7.03. The normalized spacial score (nSPS) is 18.6. The molecule has 0 spiro atoms. The molecule has 0 saturated carbocycles. The van der Waals surface area contributed by atoms with E-state index in [1.807, 2.05) is 11.3 Å². The summed E-state index contributed by atoms with van der Waals surface area (Å²) in [6.07, 6.45) is 1.23. The van der Waals surface area contributed by atoms with E-state index in [9.17, 15) is 0 Å². The molecule has 2 rings (SSSR count). The number of nitrogens with zero attached hydrogens (tertiary/aromatic N) is 1. The molecule has 2 nitrogen and oxygen atoms in total. The Morgan fingerprint density at radius 3 is 2.74 bits per heavy atom. The lowest BCUT2D eigenvalue weighted by molar-refractivity contribution is 0.130. The van der Waals surface area contributed by atoms with Crippen molar-refractivity contribution >= 4 is 11.3 Å². The van der Waals surface area contributed by atoms with E-state index in [-0.39, 0.29) is 5.54 Å². The first kappa shape index (κ1) is 15.0. The fraction of sp³-hybridized carbons (Fsp3) is 0.750. The summed E-state index contributed by atoms with van der Waals surface area (Å²) >= 11 is 1.92. The van der Waals surface area contributed by atoms with Gasteiger partial charge in [0.25, 0.3) is 0 Å². The van der Waals surface area contributed by atoms with E-state index in [1.165, 1.54) is 13.0 Å². The van der Waals surface area contributed by atoms with Gasteiger partial charge in [-0.05, 0) is 50.1 Å². The third-order valence-corrected chi connectivity index (χ3v) is 4.94. The molecule has 1 atom stereocenters. The van der Waals surface area contributed by atoms with Crippen molar-refractivity contribution in [1.82, 2.24) is 10.2 Å². The van der Waals surface area contributed by atoms with Crippen LogP contribution in [0.2, 0.25) is 0 Å². The minimum atomic E-state index is 0.205. The summed E-state index contributed by atoms with van der Waals surface area (Å²) in [4.78, 5) is 4.26. The van der Waals surface area contributed by atoms with Gasteiger partial charge in [0.2, 0.25) is 0 Å². The van der Waals surface area contributed by atoms with Gasteiger partial charge in [-0.15, -0.1) is 11.3 Å². The molecule has 1 aromatic rings. The quantitative estimate of drug-likeness (QED) is 0.908. The first-order chi connectivity index (χ1) is 8.87. The van der Waals surface area contributed by atoms with Gasteiger partial charge in [0.1, 0.15) is 0 Å². The molecule has 0 radical (unpaired) electrons. The van der Waals surface area contributed by atoms with Crippen molar-refractivity contribution in [2.45, 2.75) is 59.2 Å². The minimum Gasteiger partial charge on any atom is -0.311 e. The summed E-state index contributed by atoms with van der Waals surface area (Å²) in [5, 5.41) is 5.92. The Kier molecular flexibility index (Phi) is 4.70. The number of nitrogens with one attached hydrogen (secondary N) is 1. The van der Waals surface area contributed by atoms with E-state index >= 15 is 0 Å². The molecule has 2 heterocycles. The summed E-state index contributed by atoms with van der Waals surface area (Å²) in [6.45, 7) is 14.9. The maximum Gasteiger partial charge on any atom is 0.0248 e. The zero-order chi connectivity index (χ0) is 14.0. The van der Waals surface area contributed by atoms with Gasteiger partial charge in [-0.3, -0.25) is 4.90 Å². The fourth-order valence-corrected chi connectivity index (χ4v) is 3.64. The summed E-state index contributed by atoms with van der Waals surface area (Å²) in [5.74, 6) is 0.690. The SMILES string of the molecule is CC(C)C(CNC(C)(C)C)N1CCc2sccc2C1. The molecular weight excluding hydrogens is 252 g/mol. The Labute approximate surface area is 122 Å². The predicted molar refractivity (Wildman–Crippen MR) is 84.8 cm³/mol. The van der Waals surface area contributed by atoms with Crippen LogP contribution in [0.5, 0.6) is 0 Å². The molecular formula is C16H28N2S. The van der Waals surface area contributed by atoms with Crippen molar-refractivity contribution in [2.75, 3.05) is 13.1 Å². The third kappa shape index (κ3) is 4.04. The van der Waals surface area contributed by atoms with E-state index in [4.69, 9.17) is 0 Å². The highest BCUT2D eigenvalue weighted by molar-refractivity contribution is 7.10.